The Hall–Kier alpha value is -1.39. The molecule has 0 amide bonds. The van der Waals surface area contributed by atoms with E-state index >= 15 is 0 Å². The minimum Gasteiger partial charge on any atom is -0.497 e. The van der Waals surface area contributed by atoms with Gasteiger partial charge in [0.1, 0.15) is 12.4 Å². The summed E-state index contributed by atoms with van der Waals surface area (Å²) in [4.78, 5) is 12.1. The average molecular weight is 336 g/mol. The van der Waals surface area contributed by atoms with E-state index in [1.54, 1.807) is 31.4 Å². The van der Waals surface area contributed by atoms with Gasteiger partial charge in [-0.25, -0.2) is 0 Å². The Morgan fingerprint density at radius 3 is 2.25 bits per heavy atom. The fourth-order valence-electron chi connectivity index (χ4n) is 2.68. The largest absolute Gasteiger partial charge is 0.497 e. The molecule has 1 aromatic rings. The number of ketones is 1. The molecule has 136 valence electrons. The van der Waals surface area contributed by atoms with Gasteiger partial charge >= 0.3 is 0 Å². The van der Waals surface area contributed by atoms with Crippen molar-refractivity contribution in [2.75, 3.05) is 20.3 Å². The Kier molecular flexibility index (Phi) is 8.43. The summed E-state index contributed by atoms with van der Waals surface area (Å²) in [6.45, 7) is 11.5. The van der Waals surface area contributed by atoms with E-state index in [9.17, 15) is 4.79 Å². The van der Waals surface area contributed by atoms with Gasteiger partial charge in [0.2, 0.25) is 0 Å². The highest BCUT2D eigenvalue weighted by molar-refractivity contribution is 5.97. The molecular weight excluding hydrogens is 304 g/mol. The summed E-state index contributed by atoms with van der Waals surface area (Å²) >= 11 is 0. The van der Waals surface area contributed by atoms with Crippen LogP contribution in [-0.2, 0) is 9.47 Å². The number of ether oxygens (including phenoxy) is 3. The summed E-state index contributed by atoms with van der Waals surface area (Å²) in [6, 6.07) is 7.02. The normalized spacial score (nSPS) is 14.2. The van der Waals surface area contributed by atoms with Crippen LogP contribution in [0.1, 0.15) is 57.8 Å². The fourth-order valence-corrected chi connectivity index (χ4v) is 2.68. The SMILES string of the molecule is COc1ccc(C(=O)COC(C)OCCC(C)CC(C)(C)C)cc1. The Balaban J connectivity index is 2.25. The first-order valence-corrected chi connectivity index (χ1v) is 8.61. The van der Waals surface area contributed by atoms with E-state index in [-0.39, 0.29) is 18.7 Å². The zero-order valence-electron chi connectivity index (χ0n) is 15.9. The van der Waals surface area contributed by atoms with Gasteiger partial charge in [-0.1, -0.05) is 27.7 Å². The van der Waals surface area contributed by atoms with Crippen LogP contribution >= 0.6 is 0 Å². The fraction of sp³-hybridized carbons (Fsp3) is 0.650. The van der Waals surface area contributed by atoms with Crippen molar-refractivity contribution in [3.63, 3.8) is 0 Å². The summed E-state index contributed by atoms with van der Waals surface area (Å²) in [7, 11) is 1.60. The Morgan fingerprint density at radius 2 is 1.71 bits per heavy atom. The van der Waals surface area contributed by atoms with Gasteiger partial charge in [0.15, 0.2) is 12.1 Å². The number of hydrogen-bond acceptors (Lipinski definition) is 4. The van der Waals surface area contributed by atoms with E-state index in [2.05, 4.69) is 27.7 Å². The molecule has 24 heavy (non-hydrogen) atoms. The quantitative estimate of drug-likeness (QED) is 0.458. The van der Waals surface area contributed by atoms with Crippen LogP contribution < -0.4 is 4.74 Å². The van der Waals surface area contributed by atoms with Crippen LogP contribution in [0.4, 0.5) is 0 Å². The molecule has 0 spiro atoms. The summed E-state index contributed by atoms with van der Waals surface area (Å²) < 4.78 is 16.2. The lowest BCUT2D eigenvalue weighted by molar-refractivity contribution is -0.125. The molecule has 2 atom stereocenters. The number of benzene rings is 1. The Labute approximate surface area is 146 Å². The monoisotopic (exact) mass is 336 g/mol. The van der Waals surface area contributed by atoms with E-state index < -0.39 is 0 Å². The van der Waals surface area contributed by atoms with E-state index in [1.165, 1.54) is 6.42 Å². The second kappa shape index (κ2) is 9.80. The van der Waals surface area contributed by atoms with Crippen LogP contribution in [0.2, 0.25) is 0 Å². The molecule has 4 nitrogen and oxygen atoms in total. The number of Topliss-reactive ketones (excluding diaryl/α,β-unsaturated/α-hetero) is 1. The number of hydrogen-bond donors (Lipinski definition) is 0. The molecule has 0 saturated carbocycles. The van der Waals surface area contributed by atoms with Gasteiger partial charge in [-0.05, 0) is 55.4 Å². The van der Waals surface area contributed by atoms with Gasteiger partial charge in [-0.15, -0.1) is 0 Å². The first-order chi connectivity index (χ1) is 11.2. The van der Waals surface area contributed by atoms with Gasteiger partial charge in [0.05, 0.1) is 7.11 Å². The van der Waals surface area contributed by atoms with Gasteiger partial charge in [-0.3, -0.25) is 4.79 Å². The molecule has 4 heteroatoms. The average Bonchev–Trinajstić information content (AvgIpc) is 2.51. The first kappa shape index (κ1) is 20.7. The van der Waals surface area contributed by atoms with Gasteiger partial charge in [0, 0.05) is 12.2 Å². The molecule has 0 aliphatic rings. The lowest BCUT2D eigenvalue weighted by Gasteiger charge is -2.23. The third kappa shape index (κ3) is 8.46. The molecule has 0 aliphatic carbocycles. The molecule has 2 unspecified atom stereocenters. The van der Waals surface area contributed by atoms with Crippen LogP contribution in [0, 0.1) is 11.3 Å². The summed E-state index contributed by atoms with van der Waals surface area (Å²) in [6.07, 6.45) is 1.79. The summed E-state index contributed by atoms with van der Waals surface area (Å²) in [5.74, 6) is 1.28. The molecular formula is C20H32O4. The minimum atomic E-state index is -0.381. The standard InChI is InChI=1S/C20H32O4/c1-15(13-20(3,4)5)11-12-23-16(2)24-14-19(21)17-7-9-18(22-6)10-8-17/h7-10,15-16H,11-14H2,1-6H3. The van der Waals surface area contributed by atoms with Crippen molar-refractivity contribution in [2.24, 2.45) is 11.3 Å². The van der Waals surface area contributed by atoms with Crippen LogP contribution in [0.15, 0.2) is 24.3 Å². The van der Waals surface area contributed by atoms with E-state index in [0.717, 1.165) is 12.2 Å². The Bertz CT molecular complexity index is 487. The van der Waals surface area contributed by atoms with Crippen molar-refractivity contribution in [3.8, 4) is 5.75 Å². The van der Waals surface area contributed by atoms with Crippen molar-refractivity contribution in [1.29, 1.82) is 0 Å². The highest BCUT2D eigenvalue weighted by atomic mass is 16.7. The Morgan fingerprint density at radius 1 is 1.08 bits per heavy atom. The summed E-state index contributed by atoms with van der Waals surface area (Å²) in [5.41, 5.74) is 0.952. The molecule has 0 N–H and O–H groups in total. The minimum absolute atomic E-state index is 0.0189. The molecule has 0 radical (unpaired) electrons. The van der Waals surface area contributed by atoms with E-state index in [0.29, 0.717) is 23.5 Å². The smallest absolute Gasteiger partial charge is 0.188 e. The van der Waals surface area contributed by atoms with Gasteiger partial charge in [0.25, 0.3) is 0 Å². The summed E-state index contributed by atoms with van der Waals surface area (Å²) in [5, 5.41) is 0. The topological polar surface area (TPSA) is 44.8 Å². The van der Waals surface area contributed by atoms with Gasteiger partial charge in [-0.2, -0.15) is 0 Å². The maximum Gasteiger partial charge on any atom is 0.188 e. The zero-order chi connectivity index (χ0) is 18.2. The van der Waals surface area contributed by atoms with Crippen LogP contribution in [-0.4, -0.2) is 32.4 Å². The molecule has 0 aromatic heterocycles. The second-order valence-electron chi connectivity index (χ2n) is 7.56. The number of methoxy groups -OCH3 is 1. The van der Waals surface area contributed by atoms with Crippen molar-refractivity contribution < 1.29 is 19.0 Å². The number of carbonyl (C=O) groups excluding carboxylic acids is 1. The molecule has 0 heterocycles. The van der Waals surface area contributed by atoms with Crippen LogP contribution in [0.5, 0.6) is 5.75 Å². The molecule has 1 rings (SSSR count). The van der Waals surface area contributed by atoms with Crippen molar-refractivity contribution >= 4 is 5.78 Å². The van der Waals surface area contributed by atoms with Crippen molar-refractivity contribution in [2.45, 2.75) is 53.8 Å². The van der Waals surface area contributed by atoms with E-state index in [1.807, 2.05) is 6.92 Å². The first-order valence-electron chi connectivity index (χ1n) is 8.61. The lowest BCUT2D eigenvalue weighted by Crippen LogP contribution is -2.20. The van der Waals surface area contributed by atoms with E-state index in [4.69, 9.17) is 14.2 Å². The number of rotatable bonds is 10. The molecule has 0 bridgehead atoms. The zero-order valence-corrected chi connectivity index (χ0v) is 15.9. The van der Waals surface area contributed by atoms with Crippen LogP contribution in [0.25, 0.3) is 0 Å². The number of carbonyl (C=O) groups is 1. The van der Waals surface area contributed by atoms with Crippen LogP contribution in [0.3, 0.4) is 0 Å². The predicted molar refractivity (Wildman–Crippen MR) is 96.5 cm³/mol. The molecule has 0 aliphatic heterocycles. The third-order valence-electron chi connectivity index (χ3n) is 3.79. The highest BCUT2D eigenvalue weighted by Crippen LogP contribution is 2.25. The lowest BCUT2D eigenvalue weighted by atomic mass is 9.84. The van der Waals surface area contributed by atoms with Gasteiger partial charge < -0.3 is 14.2 Å². The molecule has 1 aromatic carbocycles. The maximum absolute atomic E-state index is 12.1. The second-order valence-corrected chi connectivity index (χ2v) is 7.56. The predicted octanol–water partition coefficient (Wildman–Crippen LogP) is 4.72. The highest BCUT2D eigenvalue weighted by Gasteiger charge is 2.16. The molecule has 0 saturated heterocycles. The van der Waals surface area contributed by atoms with Crippen molar-refractivity contribution in [1.82, 2.24) is 0 Å². The maximum atomic E-state index is 12.1. The van der Waals surface area contributed by atoms with Crippen molar-refractivity contribution in [3.05, 3.63) is 29.8 Å². The third-order valence-corrected chi connectivity index (χ3v) is 3.79. The molecule has 0 fully saturated rings.